The first kappa shape index (κ1) is 13.8. The second-order valence-electron chi connectivity index (χ2n) is 4.53. The van der Waals surface area contributed by atoms with Gasteiger partial charge < -0.3 is 5.11 Å². The van der Waals surface area contributed by atoms with E-state index in [0.29, 0.717) is 11.1 Å². The van der Waals surface area contributed by atoms with Crippen LogP contribution in [0.25, 0.3) is 11.6 Å². The smallest absolute Gasteiger partial charge is 0.336 e. The molecule has 0 aliphatic rings. The zero-order chi connectivity index (χ0) is 14.4. The van der Waals surface area contributed by atoms with E-state index < -0.39 is 5.97 Å². The van der Waals surface area contributed by atoms with Gasteiger partial charge in [-0.15, -0.1) is 0 Å². The Morgan fingerprint density at radius 3 is 2.05 bits per heavy atom. The fraction of sp³-hybridized carbons (Fsp3) is 0.0556. The minimum Gasteiger partial charge on any atom is -0.478 e. The van der Waals surface area contributed by atoms with Gasteiger partial charge in [0.05, 0.1) is 5.57 Å². The molecule has 2 aromatic rings. The summed E-state index contributed by atoms with van der Waals surface area (Å²) in [6.45, 7) is 1.90. The molecule has 0 aromatic heterocycles. The lowest BCUT2D eigenvalue weighted by Gasteiger charge is -2.03. The molecule has 0 heterocycles. The first-order valence-corrected chi connectivity index (χ1v) is 6.40. The lowest BCUT2D eigenvalue weighted by molar-refractivity contribution is -0.130. The Morgan fingerprint density at radius 2 is 1.50 bits per heavy atom. The Kier molecular flexibility index (Phi) is 4.51. The van der Waals surface area contributed by atoms with Crippen molar-refractivity contribution in [1.82, 2.24) is 0 Å². The zero-order valence-corrected chi connectivity index (χ0v) is 11.3. The van der Waals surface area contributed by atoms with Gasteiger partial charge in [-0.1, -0.05) is 66.7 Å². The van der Waals surface area contributed by atoms with Crippen molar-refractivity contribution in [3.63, 3.8) is 0 Å². The van der Waals surface area contributed by atoms with E-state index in [1.165, 1.54) is 0 Å². The summed E-state index contributed by atoms with van der Waals surface area (Å²) in [6.07, 6.45) is 3.66. The van der Waals surface area contributed by atoms with Crippen molar-refractivity contribution in [3.8, 4) is 0 Å². The van der Waals surface area contributed by atoms with Crippen molar-refractivity contribution in [3.05, 3.63) is 83.4 Å². The van der Waals surface area contributed by atoms with Crippen molar-refractivity contribution in [1.29, 1.82) is 0 Å². The maximum Gasteiger partial charge on any atom is 0.336 e. The number of hydrogen-bond donors (Lipinski definition) is 1. The second kappa shape index (κ2) is 6.53. The monoisotopic (exact) mass is 264 g/mol. The highest BCUT2D eigenvalue weighted by atomic mass is 16.4. The van der Waals surface area contributed by atoms with Crippen molar-refractivity contribution >= 4 is 17.6 Å². The van der Waals surface area contributed by atoms with Crippen LogP contribution in [-0.2, 0) is 4.79 Å². The fourth-order valence-electron chi connectivity index (χ4n) is 1.97. The highest BCUT2D eigenvalue weighted by molar-refractivity contribution is 6.16. The summed E-state index contributed by atoms with van der Waals surface area (Å²) in [6, 6.07) is 19.0. The van der Waals surface area contributed by atoms with Crippen LogP contribution in [0.5, 0.6) is 0 Å². The van der Waals surface area contributed by atoms with Crippen LogP contribution >= 0.6 is 0 Å². The maximum absolute atomic E-state index is 11.4. The normalized spacial score (nSPS) is 12.2. The lowest BCUT2D eigenvalue weighted by Crippen LogP contribution is -1.99. The third kappa shape index (κ3) is 3.69. The molecule has 0 saturated heterocycles. The molecule has 20 heavy (non-hydrogen) atoms. The molecule has 0 fully saturated rings. The topological polar surface area (TPSA) is 37.3 Å². The summed E-state index contributed by atoms with van der Waals surface area (Å²) in [4.78, 5) is 11.4. The summed E-state index contributed by atoms with van der Waals surface area (Å²) in [5.41, 5.74) is 2.97. The summed E-state index contributed by atoms with van der Waals surface area (Å²) in [5.74, 6) is -0.919. The third-order valence-corrected chi connectivity index (χ3v) is 2.88. The van der Waals surface area contributed by atoms with E-state index in [2.05, 4.69) is 0 Å². The Hall–Kier alpha value is -2.61. The van der Waals surface area contributed by atoms with Crippen LogP contribution in [0, 0.1) is 0 Å². The van der Waals surface area contributed by atoms with Crippen LogP contribution in [0.15, 0.2) is 72.3 Å². The van der Waals surface area contributed by atoms with Gasteiger partial charge in [0.1, 0.15) is 0 Å². The van der Waals surface area contributed by atoms with E-state index in [1.807, 2.05) is 61.5 Å². The Labute approximate surface area is 118 Å². The Bertz CT molecular complexity index is 638. The standard InChI is InChI=1S/C18H16O2/c1-14(12-15-8-4-2-5-9-15)13-17(18(19)20)16-10-6-3-7-11-16/h2-13H,1H3,(H,19,20)/b14-12-,17-13-. The van der Waals surface area contributed by atoms with E-state index in [4.69, 9.17) is 0 Å². The maximum atomic E-state index is 11.4. The van der Waals surface area contributed by atoms with Crippen molar-refractivity contribution in [2.75, 3.05) is 0 Å². The number of hydrogen-bond acceptors (Lipinski definition) is 1. The van der Waals surface area contributed by atoms with Gasteiger partial charge in [-0.3, -0.25) is 0 Å². The molecule has 0 bridgehead atoms. The highest BCUT2D eigenvalue weighted by Gasteiger charge is 2.09. The molecule has 0 radical (unpaired) electrons. The van der Waals surface area contributed by atoms with E-state index in [9.17, 15) is 9.90 Å². The molecule has 100 valence electrons. The van der Waals surface area contributed by atoms with Crippen LogP contribution in [0.1, 0.15) is 18.1 Å². The molecule has 0 atom stereocenters. The van der Waals surface area contributed by atoms with Crippen molar-refractivity contribution < 1.29 is 9.90 Å². The summed E-state index contributed by atoms with van der Waals surface area (Å²) >= 11 is 0. The molecule has 0 unspecified atom stereocenters. The van der Waals surface area contributed by atoms with Crippen molar-refractivity contribution in [2.24, 2.45) is 0 Å². The summed E-state index contributed by atoms with van der Waals surface area (Å²) in [7, 11) is 0. The first-order valence-electron chi connectivity index (χ1n) is 6.40. The average Bonchev–Trinajstić information content (AvgIpc) is 2.46. The molecule has 2 rings (SSSR count). The van der Waals surface area contributed by atoms with Crippen LogP contribution in [-0.4, -0.2) is 11.1 Å². The predicted molar refractivity (Wildman–Crippen MR) is 82.1 cm³/mol. The van der Waals surface area contributed by atoms with Gasteiger partial charge in [0.2, 0.25) is 0 Å². The Morgan fingerprint density at radius 1 is 0.950 bits per heavy atom. The number of carboxylic acids is 1. The minimum absolute atomic E-state index is 0.301. The second-order valence-corrected chi connectivity index (χ2v) is 4.53. The number of carbonyl (C=O) groups is 1. The molecule has 0 aliphatic heterocycles. The molecule has 0 saturated carbocycles. The third-order valence-electron chi connectivity index (χ3n) is 2.88. The molecular weight excluding hydrogens is 248 g/mol. The molecule has 0 spiro atoms. The van der Waals surface area contributed by atoms with Gasteiger partial charge in [-0.05, 0) is 29.7 Å². The molecule has 2 nitrogen and oxygen atoms in total. The highest BCUT2D eigenvalue weighted by Crippen LogP contribution is 2.18. The number of aliphatic carboxylic acids is 1. The van der Waals surface area contributed by atoms with Gasteiger partial charge >= 0.3 is 5.97 Å². The van der Waals surface area contributed by atoms with Crippen LogP contribution in [0.3, 0.4) is 0 Å². The Balaban J connectivity index is 2.35. The summed E-state index contributed by atoms with van der Waals surface area (Å²) < 4.78 is 0. The number of allylic oxidation sites excluding steroid dienone is 2. The van der Waals surface area contributed by atoms with E-state index in [0.717, 1.165) is 11.1 Å². The predicted octanol–water partition coefficient (Wildman–Crippen LogP) is 4.26. The molecule has 2 aromatic carbocycles. The summed E-state index contributed by atoms with van der Waals surface area (Å²) in [5, 5.41) is 9.35. The minimum atomic E-state index is -0.919. The van der Waals surface area contributed by atoms with Crippen LogP contribution in [0.4, 0.5) is 0 Å². The van der Waals surface area contributed by atoms with E-state index >= 15 is 0 Å². The lowest BCUT2D eigenvalue weighted by atomic mass is 10.0. The molecule has 0 aliphatic carbocycles. The van der Waals surface area contributed by atoms with Crippen molar-refractivity contribution in [2.45, 2.75) is 6.92 Å². The number of benzene rings is 2. The zero-order valence-electron chi connectivity index (χ0n) is 11.3. The molecular formula is C18H16O2. The van der Waals surface area contributed by atoms with E-state index in [-0.39, 0.29) is 0 Å². The molecule has 0 amide bonds. The van der Waals surface area contributed by atoms with E-state index in [1.54, 1.807) is 18.2 Å². The molecule has 1 N–H and O–H groups in total. The largest absolute Gasteiger partial charge is 0.478 e. The number of rotatable bonds is 4. The van der Waals surface area contributed by atoms with Crippen LogP contribution in [0.2, 0.25) is 0 Å². The van der Waals surface area contributed by atoms with Crippen LogP contribution < -0.4 is 0 Å². The van der Waals surface area contributed by atoms with Gasteiger partial charge in [0, 0.05) is 0 Å². The van der Waals surface area contributed by atoms with Gasteiger partial charge in [-0.2, -0.15) is 0 Å². The first-order chi connectivity index (χ1) is 9.66. The number of carboxylic acid groups (broad SMARTS) is 1. The molecule has 2 heteroatoms. The van der Waals surface area contributed by atoms with Gasteiger partial charge in [0.15, 0.2) is 0 Å². The average molecular weight is 264 g/mol. The fourth-order valence-corrected chi connectivity index (χ4v) is 1.97. The van der Waals surface area contributed by atoms with Gasteiger partial charge in [0.25, 0.3) is 0 Å². The SMILES string of the molecule is CC(=C/c1ccccc1)/C=C(\C(=O)O)c1ccccc1. The quantitative estimate of drug-likeness (QED) is 0.661. The van der Waals surface area contributed by atoms with Gasteiger partial charge in [-0.25, -0.2) is 4.79 Å².